The van der Waals surface area contributed by atoms with Crippen molar-refractivity contribution in [1.82, 2.24) is 20.2 Å². The second-order valence-electron chi connectivity index (χ2n) is 13.2. The van der Waals surface area contributed by atoms with E-state index in [2.05, 4.69) is 22.5 Å². The average Bonchev–Trinajstić information content (AvgIpc) is 3.34. The summed E-state index contributed by atoms with van der Waals surface area (Å²) >= 11 is 0. The lowest BCUT2D eigenvalue weighted by Gasteiger charge is -2.33. The van der Waals surface area contributed by atoms with E-state index in [9.17, 15) is 33.9 Å². The summed E-state index contributed by atoms with van der Waals surface area (Å²) in [6.45, 7) is 4.01. The molecule has 0 spiro atoms. The number of nitrogens with zero attached hydrogens (tertiary/aromatic N) is 1. The summed E-state index contributed by atoms with van der Waals surface area (Å²) < 4.78 is 30.1. The number of aliphatic hydroxyl groups is 1. The number of aromatic amines is 1. The van der Waals surface area contributed by atoms with Crippen molar-refractivity contribution < 1.29 is 48.0 Å². The summed E-state index contributed by atoms with van der Waals surface area (Å²) in [5.74, 6) is -2.97. The summed E-state index contributed by atoms with van der Waals surface area (Å²) in [6.07, 6.45) is 1.13. The summed E-state index contributed by atoms with van der Waals surface area (Å²) in [7, 11) is 1.27. The predicted molar refractivity (Wildman–Crippen MR) is 180 cm³/mol. The molecule has 4 rings (SSSR count). The highest BCUT2D eigenvalue weighted by Crippen LogP contribution is 2.36. The van der Waals surface area contributed by atoms with Gasteiger partial charge in [-0.2, -0.15) is 0 Å². The van der Waals surface area contributed by atoms with Crippen LogP contribution in [0.5, 0.6) is 0 Å². The number of carbonyl (C=O) groups excluding carboxylic acids is 4. The van der Waals surface area contributed by atoms with Crippen LogP contribution < -0.4 is 27.6 Å². The van der Waals surface area contributed by atoms with Crippen molar-refractivity contribution in [3.8, 4) is 0 Å². The van der Waals surface area contributed by atoms with E-state index in [0.717, 1.165) is 61.8 Å². The van der Waals surface area contributed by atoms with Crippen molar-refractivity contribution in [2.24, 2.45) is 5.73 Å². The van der Waals surface area contributed by atoms with Crippen LogP contribution in [0.15, 0.2) is 33.7 Å². The molecular weight excluding hydrogens is 670 g/mol. The molecule has 9 atom stereocenters. The fourth-order valence-corrected chi connectivity index (χ4v) is 6.44. The van der Waals surface area contributed by atoms with E-state index < -0.39 is 78.1 Å². The maximum Gasteiger partial charge on any atom is 0.330 e. The van der Waals surface area contributed by atoms with Gasteiger partial charge in [0.2, 0.25) is 18.1 Å². The number of nitrogens with two attached hydrogens (primary N) is 1. The zero-order chi connectivity index (χ0) is 37.1. The fraction of sp³-hybridized carbons (Fsp3) is 0.706. The fourth-order valence-electron chi connectivity index (χ4n) is 6.44. The lowest BCUT2D eigenvalue weighted by atomic mass is 10.0. The highest BCUT2D eigenvalue weighted by atomic mass is 16.7. The number of H-pyrrole nitrogens is 1. The number of amides is 3. The highest BCUT2D eigenvalue weighted by molar-refractivity contribution is 5.95. The van der Waals surface area contributed by atoms with Crippen LogP contribution in [0.4, 0.5) is 0 Å². The van der Waals surface area contributed by atoms with Gasteiger partial charge in [-0.15, -0.1) is 0 Å². The van der Waals surface area contributed by atoms with Gasteiger partial charge in [0.25, 0.3) is 11.5 Å². The zero-order valence-electron chi connectivity index (χ0n) is 29.4. The topological polar surface area (TPSA) is 240 Å². The van der Waals surface area contributed by atoms with Gasteiger partial charge in [-0.05, 0) is 38.7 Å². The van der Waals surface area contributed by atoms with E-state index in [1.807, 2.05) is 6.92 Å². The molecular formula is C34H51N5O12. The lowest BCUT2D eigenvalue weighted by molar-refractivity contribution is -0.228. The van der Waals surface area contributed by atoms with Crippen molar-refractivity contribution in [3.05, 3.63) is 44.9 Å². The Balaban J connectivity index is 1.49. The number of aromatic nitrogens is 2. The summed E-state index contributed by atoms with van der Waals surface area (Å²) in [6, 6.07) is 0.237. The number of rotatable bonds is 17. The van der Waals surface area contributed by atoms with Crippen LogP contribution in [0.2, 0.25) is 0 Å². The van der Waals surface area contributed by atoms with E-state index in [4.69, 9.17) is 29.4 Å². The van der Waals surface area contributed by atoms with Gasteiger partial charge in [0.15, 0.2) is 24.2 Å². The van der Waals surface area contributed by atoms with Gasteiger partial charge >= 0.3 is 11.7 Å². The Labute approximate surface area is 295 Å². The summed E-state index contributed by atoms with van der Waals surface area (Å²) in [5, 5.41) is 16.2. The number of nitrogens with one attached hydrogen (secondary N) is 3. The number of unbranched alkanes of at least 4 members (excludes halogenated alkanes) is 6. The second kappa shape index (κ2) is 19.0. The molecule has 3 aliphatic heterocycles. The van der Waals surface area contributed by atoms with Gasteiger partial charge in [-0.3, -0.25) is 33.5 Å². The summed E-state index contributed by atoms with van der Waals surface area (Å²) in [4.78, 5) is 78.4. The molecule has 0 aromatic carbocycles. The number of carbonyl (C=O) groups is 4. The van der Waals surface area contributed by atoms with Crippen LogP contribution in [-0.2, 0) is 42.9 Å². The van der Waals surface area contributed by atoms with Gasteiger partial charge in [0.1, 0.15) is 24.4 Å². The predicted octanol–water partition coefficient (Wildman–Crippen LogP) is 0.537. The summed E-state index contributed by atoms with van der Waals surface area (Å²) in [5.41, 5.74) is 4.21. The molecule has 2 fully saturated rings. The van der Waals surface area contributed by atoms with Gasteiger partial charge in [0, 0.05) is 38.3 Å². The number of aliphatic hydroxyl groups excluding tert-OH is 1. The first-order chi connectivity index (χ1) is 24.4. The minimum Gasteiger partial charge on any atom is -0.457 e. The number of hydrogen-bond acceptors (Lipinski definition) is 12. The molecule has 2 saturated heterocycles. The number of primary amides is 1. The van der Waals surface area contributed by atoms with Crippen LogP contribution in [0, 0.1) is 0 Å². The molecule has 1 aromatic heterocycles. The van der Waals surface area contributed by atoms with Crippen molar-refractivity contribution >= 4 is 23.7 Å². The second-order valence-corrected chi connectivity index (χ2v) is 13.2. The molecule has 284 valence electrons. The Morgan fingerprint density at radius 3 is 2.51 bits per heavy atom. The Kier molecular flexibility index (Phi) is 14.8. The molecule has 1 aromatic rings. The SMILES string of the molecule is CCCCCCCCCC(=O)O[C@@H]1[C@H](OC)[C@@H]([C@@H](O[C@H]2OC(C(=O)N[C@H]3CCC[C@@H](C)NC3=O)=CC[C@@H]2O)C(N)=O)O[C@H]1n1ccc(=O)[nH]c1=O. The Bertz CT molecular complexity index is 1510. The van der Waals surface area contributed by atoms with E-state index in [-0.39, 0.29) is 30.5 Å². The van der Waals surface area contributed by atoms with Gasteiger partial charge in [0.05, 0.1) is 0 Å². The average molecular weight is 722 g/mol. The minimum atomic E-state index is -1.72. The molecule has 0 bridgehead atoms. The molecule has 51 heavy (non-hydrogen) atoms. The van der Waals surface area contributed by atoms with E-state index in [0.29, 0.717) is 19.3 Å². The molecule has 4 heterocycles. The third-order valence-corrected chi connectivity index (χ3v) is 9.20. The van der Waals surface area contributed by atoms with Crippen molar-refractivity contribution in [2.45, 2.75) is 146 Å². The van der Waals surface area contributed by atoms with Gasteiger partial charge < -0.3 is 45.2 Å². The lowest BCUT2D eigenvalue weighted by Crippen LogP contribution is -2.52. The maximum absolute atomic E-state index is 13.1. The zero-order valence-corrected chi connectivity index (χ0v) is 29.4. The third-order valence-electron chi connectivity index (χ3n) is 9.20. The molecule has 0 radical (unpaired) electrons. The smallest absolute Gasteiger partial charge is 0.330 e. The van der Waals surface area contributed by atoms with Crippen LogP contribution in [0.25, 0.3) is 0 Å². The molecule has 0 aliphatic carbocycles. The van der Waals surface area contributed by atoms with E-state index in [1.165, 1.54) is 13.2 Å². The standard InChI is InChI=1S/C34H51N5O12/c1-4-5-6-7-8-9-10-14-24(42)49-28-25(47-3)26(50-32(28)39-18-17-23(41)38-34(39)46)27(29(35)43)51-33-21(40)15-16-22(48-33)31(45)37-20-13-11-12-19(2)36-30(20)44/h16-21,25-28,32-33,40H,4-15H2,1-3H3,(H2,35,43)(H,36,44)(H,37,45)(H,38,41,46)/t19-,20+,21+,25-,26+,27-,28-,32-,33-/m1/s1. The number of esters is 1. The first kappa shape index (κ1) is 39.7. The third kappa shape index (κ3) is 10.7. The largest absolute Gasteiger partial charge is 0.457 e. The van der Waals surface area contributed by atoms with E-state index >= 15 is 0 Å². The first-order valence-corrected chi connectivity index (χ1v) is 17.7. The molecule has 17 heteroatoms. The number of ether oxygens (including phenoxy) is 5. The van der Waals surface area contributed by atoms with Gasteiger partial charge in [-0.1, -0.05) is 45.4 Å². The van der Waals surface area contributed by atoms with Crippen LogP contribution in [-0.4, -0.2) is 94.4 Å². The highest BCUT2D eigenvalue weighted by Gasteiger charge is 2.54. The van der Waals surface area contributed by atoms with Crippen LogP contribution >= 0.6 is 0 Å². The van der Waals surface area contributed by atoms with Gasteiger partial charge in [-0.25, -0.2) is 4.79 Å². The monoisotopic (exact) mass is 721 g/mol. The molecule has 0 saturated carbocycles. The minimum absolute atomic E-state index is 0.0347. The molecule has 3 aliphatic rings. The molecule has 3 amide bonds. The van der Waals surface area contributed by atoms with Crippen LogP contribution in [0.3, 0.4) is 0 Å². The molecule has 6 N–H and O–H groups in total. The molecule has 0 unspecified atom stereocenters. The van der Waals surface area contributed by atoms with Crippen molar-refractivity contribution in [3.63, 3.8) is 0 Å². The number of hydrogen-bond donors (Lipinski definition) is 5. The van der Waals surface area contributed by atoms with Crippen molar-refractivity contribution in [2.75, 3.05) is 7.11 Å². The quantitative estimate of drug-likeness (QED) is 0.109. The normalized spacial score (nSPS) is 28.5. The van der Waals surface area contributed by atoms with Crippen LogP contribution in [0.1, 0.15) is 97.1 Å². The Morgan fingerprint density at radius 1 is 1.10 bits per heavy atom. The maximum atomic E-state index is 13.1. The Morgan fingerprint density at radius 2 is 1.82 bits per heavy atom. The number of methoxy groups -OCH3 is 1. The Hall–Kier alpha value is -4.06. The first-order valence-electron chi connectivity index (χ1n) is 17.7. The molecule has 17 nitrogen and oxygen atoms in total. The van der Waals surface area contributed by atoms with E-state index in [1.54, 1.807) is 0 Å². The van der Waals surface area contributed by atoms with Crippen molar-refractivity contribution in [1.29, 1.82) is 0 Å².